The maximum absolute atomic E-state index is 12.1. The summed E-state index contributed by atoms with van der Waals surface area (Å²) in [6.07, 6.45) is 4.56. The maximum Gasteiger partial charge on any atom is 0.276 e. The minimum atomic E-state index is -0.410. The van der Waals surface area contributed by atoms with Gasteiger partial charge in [-0.1, -0.05) is 11.6 Å². The second kappa shape index (κ2) is 7.20. The number of ether oxygens (including phenoxy) is 1. The zero-order chi connectivity index (χ0) is 16.9. The molecule has 10 heteroatoms. The Labute approximate surface area is 146 Å². The highest BCUT2D eigenvalue weighted by molar-refractivity contribution is 7.71. The van der Waals surface area contributed by atoms with E-state index in [1.165, 1.54) is 23.3 Å². The lowest BCUT2D eigenvalue weighted by Gasteiger charge is -2.09. The van der Waals surface area contributed by atoms with E-state index < -0.39 is 5.91 Å². The minimum absolute atomic E-state index is 0.200. The Bertz CT molecular complexity index is 894. The van der Waals surface area contributed by atoms with E-state index in [4.69, 9.17) is 28.6 Å². The van der Waals surface area contributed by atoms with Gasteiger partial charge in [0.2, 0.25) is 10.6 Å². The number of hydrogen-bond acceptors (Lipinski definition) is 6. The summed E-state index contributed by atoms with van der Waals surface area (Å²) in [5.74, 6) is 0.458. The molecule has 24 heavy (non-hydrogen) atoms. The Morgan fingerprint density at radius 2 is 2.12 bits per heavy atom. The predicted octanol–water partition coefficient (Wildman–Crippen LogP) is 2.20. The van der Waals surface area contributed by atoms with Crippen LogP contribution in [0.2, 0.25) is 5.02 Å². The van der Waals surface area contributed by atoms with E-state index in [0.29, 0.717) is 22.3 Å². The summed E-state index contributed by atoms with van der Waals surface area (Å²) in [5, 5.41) is 7.23. The molecular formula is C14H11ClN6O2S. The van der Waals surface area contributed by atoms with Crippen molar-refractivity contribution in [2.75, 3.05) is 12.0 Å². The van der Waals surface area contributed by atoms with Gasteiger partial charge in [0.25, 0.3) is 5.91 Å². The van der Waals surface area contributed by atoms with Crippen molar-refractivity contribution in [2.45, 2.75) is 0 Å². The van der Waals surface area contributed by atoms with Crippen molar-refractivity contribution in [1.29, 1.82) is 0 Å². The summed E-state index contributed by atoms with van der Waals surface area (Å²) in [6, 6.07) is 6.69. The third-order valence-corrected chi connectivity index (χ3v) is 3.41. The molecule has 122 valence electrons. The molecule has 2 N–H and O–H groups in total. The number of aromatic amines is 1. The standard InChI is InChI=1S/C14H11ClN6O2S/c15-9-1-3-10(4-2-9)23-8-12(22)20-21-13(18-19-14(21)24)11-7-16-5-6-17-11/h1-7H,8H2,(H,19,24)(H,20,22). The van der Waals surface area contributed by atoms with Crippen molar-refractivity contribution in [1.82, 2.24) is 24.8 Å². The van der Waals surface area contributed by atoms with Crippen molar-refractivity contribution in [3.05, 3.63) is 52.6 Å². The molecular weight excluding hydrogens is 352 g/mol. The smallest absolute Gasteiger partial charge is 0.276 e. The first-order chi connectivity index (χ1) is 11.6. The Hall–Kier alpha value is -2.78. The number of hydrogen-bond donors (Lipinski definition) is 2. The van der Waals surface area contributed by atoms with Crippen molar-refractivity contribution >= 4 is 29.7 Å². The molecule has 0 atom stereocenters. The molecule has 0 saturated heterocycles. The zero-order valence-corrected chi connectivity index (χ0v) is 13.7. The van der Waals surface area contributed by atoms with Crippen molar-refractivity contribution in [3.8, 4) is 17.3 Å². The summed E-state index contributed by atoms with van der Waals surface area (Å²) in [7, 11) is 0. The van der Waals surface area contributed by atoms with Crippen LogP contribution in [0.25, 0.3) is 11.5 Å². The third-order valence-electron chi connectivity index (χ3n) is 2.88. The zero-order valence-electron chi connectivity index (χ0n) is 12.1. The molecule has 0 spiro atoms. The van der Waals surface area contributed by atoms with Gasteiger partial charge >= 0.3 is 0 Å². The minimum Gasteiger partial charge on any atom is -0.484 e. The van der Waals surface area contributed by atoms with Crippen LogP contribution in [-0.2, 0) is 4.79 Å². The van der Waals surface area contributed by atoms with E-state index in [9.17, 15) is 4.79 Å². The Morgan fingerprint density at radius 3 is 2.83 bits per heavy atom. The maximum atomic E-state index is 12.1. The second-order valence-electron chi connectivity index (χ2n) is 4.56. The summed E-state index contributed by atoms with van der Waals surface area (Å²) in [6.45, 7) is -0.200. The van der Waals surface area contributed by atoms with Gasteiger partial charge in [-0.3, -0.25) is 15.2 Å². The molecule has 0 saturated carbocycles. The average molecular weight is 363 g/mol. The van der Waals surface area contributed by atoms with Crippen LogP contribution in [-0.4, -0.2) is 37.4 Å². The number of nitrogens with zero attached hydrogens (tertiary/aromatic N) is 4. The quantitative estimate of drug-likeness (QED) is 0.675. The topological polar surface area (TPSA) is 97.7 Å². The largest absolute Gasteiger partial charge is 0.484 e. The number of rotatable bonds is 5. The van der Waals surface area contributed by atoms with Crippen molar-refractivity contribution in [2.24, 2.45) is 0 Å². The number of carbonyl (C=O) groups is 1. The van der Waals surface area contributed by atoms with E-state index in [1.807, 2.05) is 0 Å². The van der Waals surface area contributed by atoms with E-state index >= 15 is 0 Å². The first-order valence-corrected chi connectivity index (χ1v) is 7.54. The predicted molar refractivity (Wildman–Crippen MR) is 89.8 cm³/mol. The first kappa shape index (κ1) is 16.1. The van der Waals surface area contributed by atoms with Crippen LogP contribution >= 0.6 is 23.8 Å². The summed E-state index contributed by atoms with van der Waals surface area (Å²) in [5.41, 5.74) is 3.06. The van der Waals surface area contributed by atoms with Crippen LogP contribution in [0.5, 0.6) is 5.75 Å². The van der Waals surface area contributed by atoms with E-state index in [1.54, 1.807) is 24.3 Å². The molecule has 0 bridgehead atoms. The van der Waals surface area contributed by atoms with Crippen LogP contribution < -0.4 is 10.2 Å². The fourth-order valence-electron chi connectivity index (χ4n) is 1.82. The molecule has 0 aliphatic rings. The molecule has 3 aromatic rings. The number of carbonyl (C=O) groups excluding carboxylic acids is 1. The second-order valence-corrected chi connectivity index (χ2v) is 5.38. The van der Waals surface area contributed by atoms with Crippen LogP contribution in [0.3, 0.4) is 0 Å². The molecule has 2 aromatic heterocycles. The Morgan fingerprint density at radius 1 is 1.33 bits per heavy atom. The number of amides is 1. The fraction of sp³-hybridized carbons (Fsp3) is 0.0714. The number of benzene rings is 1. The van der Waals surface area contributed by atoms with Gasteiger partial charge in [0.15, 0.2) is 6.61 Å². The molecule has 0 fully saturated rings. The molecule has 0 unspecified atom stereocenters. The van der Waals surface area contributed by atoms with Gasteiger partial charge in [0.1, 0.15) is 11.4 Å². The highest BCUT2D eigenvalue weighted by Crippen LogP contribution is 2.15. The van der Waals surface area contributed by atoms with E-state index in [-0.39, 0.29) is 11.4 Å². The number of nitrogens with one attached hydrogen (secondary N) is 2. The summed E-state index contributed by atoms with van der Waals surface area (Å²) >= 11 is 10.9. The molecule has 1 aromatic carbocycles. The molecule has 0 aliphatic carbocycles. The molecule has 8 nitrogen and oxygen atoms in total. The lowest BCUT2D eigenvalue weighted by atomic mass is 10.3. The lowest BCUT2D eigenvalue weighted by Crippen LogP contribution is -2.28. The van der Waals surface area contributed by atoms with E-state index in [0.717, 1.165) is 0 Å². The van der Waals surface area contributed by atoms with E-state index in [2.05, 4.69) is 25.6 Å². The number of aromatic nitrogens is 5. The van der Waals surface area contributed by atoms with Gasteiger partial charge in [-0.05, 0) is 36.5 Å². The normalized spacial score (nSPS) is 10.4. The molecule has 0 aliphatic heterocycles. The van der Waals surface area contributed by atoms with Crippen LogP contribution in [0, 0.1) is 4.77 Å². The Balaban J connectivity index is 1.70. The van der Waals surface area contributed by atoms with Crippen molar-refractivity contribution in [3.63, 3.8) is 0 Å². The van der Waals surface area contributed by atoms with Gasteiger partial charge in [-0.15, -0.1) is 0 Å². The molecule has 0 radical (unpaired) electrons. The number of halogens is 1. The molecule has 2 heterocycles. The van der Waals surface area contributed by atoms with Gasteiger partial charge in [0.05, 0.1) is 6.20 Å². The molecule has 3 rings (SSSR count). The molecule has 1 amide bonds. The fourth-order valence-corrected chi connectivity index (χ4v) is 2.13. The third kappa shape index (κ3) is 3.76. The SMILES string of the molecule is O=C(COc1ccc(Cl)cc1)Nn1c(-c2cnccn2)n[nH]c1=S. The summed E-state index contributed by atoms with van der Waals surface area (Å²) < 4.78 is 6.91. The van der Waals surface area contributed by atoms with Crippen LogP contribution in [0.4, 0.5) is 0 Å². The Kier molecular flexibility index (Phi) is 4.82. The number of H-pyrrole nitrogens is 1. The highest BCUT2D eigenvalue weighted by atomic mass is 35.5. The first-order valence-electron chi connectivity index (χ1n) is 6.75. The monoisotopic (exact) mass is 362 g/mol. The highest BCUT2D eigenvalue weighted by Gasteiger charge is 2.13. The van der Waals surface area contributed by atoms with Crippen molar-refractivity contribution < 1.29 is 9.53 Å². The van der Waals surface area contributed by atoms with Gasteiger partial charge in [-0.25, -0.2) is 14.8 Å². The van der Waals surface area contributed by atoms with Gasteiger partial charge < -0.3 is 4.74 Å². The lowest BCUT2D eigenvalue weighted by molar-refractivity contribution is -0.119. The average Bonchev–Trinajstić information content (AvgIpc) is 2.96. The van der Waals surface area contributed by atoms with Crippen LogP contribution in [0.1, 0.15) is 0 Å². The van der Waals surface area contributed by atoms with Crippen LogP contribution in [0.15, 0.2) is 42.9 Å². The van der Waals surface area contributed by atoms with Gasteiger partial charge in [0, 0.05) is 17.4 Å². The van der Waals surface area contributed by atoms with Gasteiger partial charge in [-0.2, -0.15) is 5.10 Å². The summed E-state index contributed by atoms with van der Waals surface area (Å²) in [4.78, 5) is 20.2.